The van der Waals surface area contributed by atoms with Crippen LogP contribution in [0.15, 0.2) is 42.5 Å². The lowest BCUT2D eigenvalue weighted by Gasteiger charge is -2.33. The Kier molecular flexibility index (Phi) is 6.58. The average molecular weight is 409 g/mol. The summed E-state index contributed by atoms with van der Waals surface area (Å²) in [6, 6.07) is 15.0. The summed E-state index contributed by atoms with van der Waals surface area (Å²) in [5, 5.41) is 3.06. The molecule has 2 unspecified atom stereocenters. The van der Waals surface area contributed by atoms with Crippen molar-refractivity contribution in [2.24, 2.45) is 0 Å². The van der Waals surface area contributed by atoms with Gasteiger partial charge < -0.3 is 14.8 Å². The largest absolute Gasteiger partial charge is 0.486 e. The van der Waals surface area contributed by atoms with E-state index in [-0.39, 0.29) is 11.8 Å². The van der Waals surface area contributed by atoms with Crippen LogP contribution in [-0.2, 0) is 17.9 Å². The number of benzene rings is 2. The van der Waals surface area contributed by atoms with Gasteiger partial charge in [-0.3, -0.25) is 9.69 Å². The van der Waals surface area contributed by atoms with Crippen molar-refractivity contribution in [2.45, 2.75) is 58.2 Å². The SMILES string of the molecule is CC(C(=O)NCc1ccc(CN2CCCCC2C)cc1)c1ccc2c(c1)OCCO2. The second-order valence-corrected chi connectivity index (χ2v) is 8.47. The number of nitrogens with one attached hydrogen (secondary N) is 1. The van der Waals surface area contributed by atoms with Gasteiger partial charge in [0.2, 0.25) is 5.91 Å². The smallest absolute Gasteiger partial charge is 0.227 e. The highest BCUT2D eigenvalue weighted by molar-refractivity contribution is 5.83. The molecule has 0 saturated carbocycles. The number of likely N-dealkylation sites (tertiary alicyclic amines) is 1. The van der Waals surface area contributed by atoms with Crippen molar-refractivity contribution < 1.29 is 14.3 Å². The fourth-order valence-electron chi connectivity index (χ4n) is 4.21. The van der Waals surface area contributed by atoms with Crippen LogP contribution < -0.4 is 14.8 Å². The second kappa shape index (κ2) is 9.52. The molecular formula is C25H32N2O3. The van der Waals surface area contributed by atoms with Gasteiger partial charge in [-0.15, -0.1) is 0 Å². The molecule has 2 aliphatic heterocycles. The standard InChI is InChI=1S/C25H32N2O3/c1-18-5-3-4-12-27(18)17-21-8-6-20(7-9-21)16-26-25(28)19(2)22-10-11-23-24(15-22)30-14-13-29-23/h6-11,15,18-19H,3-5,12-14,16-17H2,1-2H3,(H,26,28). The molecule has 160 valence electrons. The molecule has 2 aliphatic rings. The third-order valence-corrected chi connectivity index (χ3v) is 6.28. The van der Waals surface area contributed by atoms with Crippen LogP contribution in [0.5, 0.6) is 11.5 Å². The lowest BCUT2D eigenvalue weighted by molar-refractivity contribution is -0.122. The van der Waals surface area contributed by atoms with Crippen molar-refractivity contribution in [1.82, 2.24) is 10.2 Å². The number of rotatable bonds is 6. The van der Waals surface area contributed by atoms with E-state index in [0.717, 1.165) is 29.2 Å². The Hall–Kier alpha value is -2.53. The van der Waals surface area contributed by atoms with Crippen molar-refractivity contribution in [3.05, 3.63) is 59.2 Å². The molecule has 2 aromatic carbocycles. The summed E-state index contributed by atoms with van der Waals surface area (Å²) >= 11 is 0. The van der Waals surface area contributed by atoms with Crippen LogP contribution in [0.1, 0.15) is 55.7 Å². The number of ether oxygens (including phenoxy) is 2. The normalized spacial score (nSPS) is 19.9. The summed E-state index contributed by atoms with van der Waals surface area (Å²) in [6.07, 6.45) is 3.95. The predicted octanol–water partition coefficient (Wildman–Crippen LogP) is 4.25. The highest BCUT2D eigenvalue weighted by Crippen LogP contribution is 2.33. The Labute approximate surface area is 179 Å². The summed E-state index contributed by atoms with van der Waals surface area (Å²) in [5.41, 5.74) is 3.39. The third-order valence-electron chi connectivity index (χ3n) is 6.28. The maximum absolute atomic E-state index is 12.7. The third kappa shape index (κ3) is 4.96. The quantitative estimate of drug-likeness (QED) is 0.776. The molecule has 2 atom stereocenters. The van der Waals surface area contributed by atoms with Crippen LogP contribution in [-0.4, -0.2) is 36.6 Å². The number of carbonyl (C=O) groups is 1. The minimum atomic E-state index is -0.249. The zero-order chi connectivity index (χ0) is 20.9. The Balaban J connectivity index is 1.30. The molecule has 5 heteroatoms. The highest BCUT2D eigenvalue weighted by Gasteiger charge is 2.20. The molecule has 1 saturated heterocycles. The summed E-state index contributed by atoms with van der Waals surface area (Å²) in [7, 11) is 0. The number of amides is 1. The molecule has 0 aliphatic carbocycles. The van der Waals surface area contributed by atoms with Gasteiger partial charge in [0, 0.05) is 19.1 Å². The molecule has 0 aromatic heterocycles. The molecular weight excluding hydrogens is 376 g/mol. The second-order valence-electron chi connectivity index (χ2n) is 8.47. The van der Waals surface area contributed by atoms with Gasteiger partial charge in [0.05, 0.1) is 5.92 Å². The van der Waals surface area contributed by atoms with E-state index in [2.05, 4.69) is 41.4 Å². The van der Waals surface area contributed by atoms with Gasteiger partial charge in [-0.2, -0.15) is 0 Å². The van der Waals surface area contributed by atoms with E-state index in [9.17, 15) is 4.79 Å². The van der Waals surface area contributed by atoms with E-state index in [1.807, 2.05) is 25.1 Å². The lowest BCUT2D eigenvalue weighted by Crippen LogP contribution is -2.36. The number of hydrogen-bond acceptors (Lipinski definition) is 4. The minimum Gasteiger partial charge on any atom is -0.486 e. The van der Waals surface area contributed by atoms with Gasteiger partial charge in [0.15, 0.2) is 11.5 Å². The topological polar surface area (TPSA) is 50.8 Å². The molecule has 1 amide bonds. The van der Waals surface area contributed by atoms with Gasteiger partial charge in [-0.1, -0.05) is 36.8 Å². The molecule has 5 nitrogen and oxygen atoms in total. The Morgan fingerprint density at radius 2 is 1.80 bits per heavy atom. The Bertz CT molecular complexity index is 865. The first-order valence-corrected chi connectivity index (χ1v) is 11.1. The van der Waals surface area contributed by atoms with Crippen molar-refractivity contribution in [3.8, 4) is 11.5 Å². The number of piperidine rings is 1. The first kappa shape index (κ1) is 20.7. The summed E-state index contributed by atoms with van der Waals surface area (Å²) in [4.78, 5) is 15.2. The van der Waals surface area contributed by atoms with Crippen LogP contribution in [0.25, 0.3) is 0 Å². The van der Waals surface area contributed by atoms with E-state index < -0.39 is 0 Å². The van der Waals surface area contributed by atoms with E-state index in [1.165, 1.54) is 31.4 Å². The number of nitrogens with zero attached hydrogens (tertiary/aromatic N) is 1. The van der Waals surface area contributed by atoms with Gasteiger partial charge in [0.25, 0.3) is 0 Å². The van der Waals surface area contributed by atoms with E-state index in [0.29, 0.717) is 25.8 Å². The zero-order valence-corrected chi connectivity index (χ0v) is 18.0. The van der Waals surface area contributed by atoms with E-state index in [1.54, 1.807) is 0 Å². The minimum absolute atomic E-state index is 0.0119. The maximum Gasteiger partial charge on any atom is 0.227 e. The molecule has 0 radical (unpaired) electrons. The monoisotopic (exact) mass is 408 g/mol. The first-order chi connectivity index (χ1) is 14.6. The Morgan fingerprint density at radius 3 is 2.57 bits per heavy atom. The fourth-order valence-corrected chi connectivity index (χ4v) is 4.21. The Morgan fingerprint density at radius 1 is 1.07 bits per heavy atom. The van der Waals surface area contributed by atoms with Crippen LogP contribution >= 0.6 is 0 Å². The summed E-state index contributed by atoms with van der Waals surface area (Å²) < 4.78 is 11.2. The van der Waals surface area contributed by atoms with Gasteiger partial charge >= 0.3 is 0 Å². The molecule has 2 aromatic rings. The van der Waals surface area contributed by atoms with Crippen molar-refractivity contribution in [1.29, 1.82) is 0 Å². The number of fused-ring (bicyclic) bond motifs is 1. The molecule has 0 bridgehead atoms. The summed E-state index contributed by atoms with van der Waals surface area (Å²) in [6.45, 7) is 8.09. The molecule has 2 heterocycles. The molecule has 1 fully saturated rings. The summed E-state index contributed by atoms with van der Waals surface area (Å²) in [5.74, 6) is 1.23. The van der Waals surface area contributed by atoms with E-state index in [4.69, 9.17) is 9.47 Å². The van der Waals surface area contributed by atoms with Crippen molar-refractivity contribution >= 4 is 5.91 Å². The molecule has 4 rings (SSSR count). The van der Waals surface area contributed by atoms with Gasteiger partial charge in [-0.05, 0) is 62.1 Å². The fraction of sp³-hybridized carbons (Fsp3) is 0.480. The first-order valence-electron chi connectivity index (χ1n) is 11.1. The number of carbonyl (C=O) groups excluding carboxylic acids is 1. The van der Waals surface area contributed by atoms with Gasteiger partial charge in [-0.25, -0.2) is 0 Å². The molecule has 30 heavy (non-hydrogen) atoms. The van der Waals surface area contributed by atoms with E-state index >= 15 is 0 Å². The average Bonchev–Trinajstić information content (AvgIpc) is 2.79. The molecule has 1 N–H and O–H groups in total. The van der Waals surface area contributed by atoms with Crippen LogP contribution in [0, 0.1) is 0 Å². The highest BCUT2D eigenvalue weighted by atomic mass is 16.6. The predicted molar refractivity (Wildman–Crippen MR) is 118 cm³/mol. The van der Waals surface area contributed by atoms with Crippen molar-refractivity contribution in [3.63, 3.8) is 0 Å². The number of hydrogen-bond donors (Lipinski definition) is 1. The van der Waals surface area contributed by atoms with Crippen LogP contribution in [0.4, 0.5) is 0 Å². The van der Waals surface area contributed by atoms with Crippen LogP contribution in [0.2, 0.25) is 0 Å². The molecule has 0 spiro atoms. The lowest BCUT2D eigenvalue weighted by atomic mass is 9.99. The van der Waals surface area contributed by atoms with Gasteiger partial charge in [0.1, 0.15) is 13.2 Å². The van der Waals surface area contributed by atoms with Crippen LogP contribution in [0.3, 0.4) is 0 Å². The zero-order valence-electron chi connectivity index (χ0n) is 18.0. The maximum atomic E-state index is 12.7. The van der Waals surface area contributed by atoms with Crippen molar-refractivity contribution in [2.75, 3.05) is 19.8 Å².